The quantitative estimate of drug-likeness (QED) is 0.664. The Bertz CT molecular complexity index is 362. The average molecular weight is 205 g/mol. The monoisotopic (exact) mass is 205 g/mol. The first kappa shape index (κ1) is 9.79. The Balaban J connectivity index is 2.10. The standard InChI is InChI=1S/C10H11N3O2/c14-9-5-11-6-10(15)13(9)7-8-3-1-2-4-12-8/h1-4,11H,5-7H2. The second-order valence-corrected chi connectivity index (χ2v) is 3.30. The van der Waals surface area contributed by atoms with E-state index in [4.69, 9.17) is 0 Å². The molecule has 2 amide bonds. The van der Waals surface area contributed by atoms with Gasteiger partial charge < -0.3 is 0 Å². The number of nitrogens with one attached hydrogen (secondary N) is 1. The highest BCUT2D eigenvalue weighted by Gasteiger charge is 2.25. The summed E-state index contributed by atoms with van der Waals surface area (Å²) in [6, 6.07) is 5.42. The van der Waals surface area contributed by atoms with Gasteiger partial charge >= 0.3 is 0 Å². The van der Waals surface area contributed by atoms with E-state index in [9.17, 15) is 9.59 Å². The second kappa shape index (κ2) is 4.18. The van der Waals surface area contributed by atoms with Crippen LogP contribution in [0.15, 0.2) is 24.4 Å². The van der Waals surface area contributed by atoms with Gasteiger partial charge in [0, 0.05) is 6.20 Å². The number of piperazine rings is 1. The van der Waals surface area contributed by atoms with E-state index in [1.807, 2.05) is 6.07 Å². The van der Waals surface area contributed by atoms with Gasteiger partial charge in [0.1, 0.15) is 0 Å². The maximum atomic E-state index is 11.4. The number of rotatable bonds is 2. The molecule has 0 aromatic carbocycles. The van der Waals surface area contributed by atoms with Crippen LogP contribution in [0.25, 0.3) is 0 Å². The molecule has 0 bridgehead atoms. The van der Waals surface area contributed by atoms with E-state index in [0.29, 0.717) is 0 Å². The summed E-state index contributed by atoms with van der Waals surface area (Å²) in [4.78, 5) is 28.2. The summed E-state index contributed by atoms with van der Waals surface area (Å²) in [7, 11) is 0. The van der Waals surface area contributed by atoms with E-state index in [1.54, 1.807) is 18.3 Å². The lowest BCUT2D eigenvalue weighted by Gasteiger charge is -2.24. The average Bonchev–Trinajstić information content (AvgIpc) is 2.25. The van der Waals surface area contributed by atoms with Crippen LogP contribution in [0.5, 0.6) is 0 Å². The van der Waals surface area contributed by atoms with Gasteiger partial charge in [0.05, 0.1) is 25.3 Å². The number of pyridine rings is 1. The Labute approximate surface area is 87.1 Å². The van der Waals surface area contributed by atoms with Crippen LogP contribution in [0.2, 0.25) is 0 Å². The molecule has 15 heavy (non-hydrogen) atoms. The molecule has 0 atom stereocenters. The third kappa shape index (κ3) is 2.19. The topological polar surface area (TPSA) is 62.3 Å². The van der Waals surface area contributed by atoms with Crippen molar-refractivity contribution in [2.24, 2.45) is 0 Å². The molecule has 1 aliphatic rings. The molecule has 1 aromatic rings. The molecule has 0 radical (unpaired) electrons. The van der Waals surface area contributed by atoms with E-state index in [0.717, 1.165) is 5.69 Å². The van der Waals surface area contributed by atoms with E-state index in [1.165, 1.54) is 4.90 Å². The fraction of sp³-hybridized carbons (Fsp3) is 0.300. The predicted molar refractivity (Wildman–Crippen MR) is 52.7 cm³/mol. The van der Waals surface area contributed by atoms with Crippen molar-refractivity contribution < 1.29 is 9.59 Å². The van der Waals surface area contributed by atoms with E-state index >= 15 is 0 Å². The fourth-order valence-electron chi connectivity index (χ4n) is 1.44. The molecule has 1 aromatic heterocycles. The number of nitrogens with zero attached hydrogens (tertiary/aromatic N) is 2. The number of imide groups is 1. The highest BCUT2D eigenvalue weighted by atomic mass is 16.2. The van der Waals surface area contributed by atoms with Crippen LogP contribution in [0.3, 0.4) is 0 Å². The van der Waals surface area contributed by atoms with Crippen LogP contribution in [0.4, 0.5) is 0 Å². The summed E-state index contributed by atoms with van der Waals surface area (Å²) in [5, 5.41) is 2.74. The van der Waals surface area contributed by atoms with Crippen molar-refractivity contribution in [2.75, 3.05) is 13.1 Å². The molecule has 1 fully saturated rings. The summed E-state index contributed by atoms with van der Waals surface area (Å²) in [5.74, 6) is -0.395. The Morgan fingerprint density at radius 2 is 2.00 bits per heavy atom. The third-order valence-electron chi connectivity index (χ3n) is 2.20. The molecule has 78 valence electrons. The van der Waals surface area contributed by atoms with Gasteiger partial charge in [-0.3, -0.25) is 24.8 Å². The first-order valence-corrected chi connectivity index (χ1v) is 4.71. The lowest BCUT2D eigenvalue weighted by Crippen LogP contribution is -2.51. The van der Waals surface area contributed by atoms with Crippen molar-refractivity contribution in [3.63, 3.8) is 0 Å². The van der Waals surface area contributed by atoms with Crippen LogP contribution in [0, 0.1) is 0 Å². The van der Waals surface area contributed by atoms with Gasteiger partial charge in [-0.05, 0) is 12.1 Å². The summed E-state index contributed by atoms with van der Waals surface area (Å²) >= 11 is 0. The molecule has 0 unspecified atom stereocenters. The molecule has 5 heteroatoms. The van der Waals surface area contributed by atoms with Gasteiger partial charge in [0.25, 0.3) is 0 Å². The fourth-order valence-corrected chi connectivity index (χ4v) is 1.44. The largest absolute Gasteiger partial charge is 0.300 e. The number of carbonyl (C=O) groups excluding carboxylic acids is 2. The van der Waals surface area contributed by atoms with Crippen molar-refractivity contribution in [3.8, 4) is 0 Å². The predicted octanol–water partition coefficient (Wildman–Crippen LogP) is -0.460. The van der Waals surface area contributed by atoms with Gasteiger partial charge in [0.2, 0.25) is 11.8 Å². The molecule has 5 nitrogen and oxygen atoms in total. The molecule has 1 N–H and O–H groups in total. The van der Waals surface area contributed by atoms with Gasteiger partial charge in [-0.25, -0.2) is 0 Å². The zero-order valence-corrected chi connectivity index (χ0v) is 8.14. The van der Waals surface area contributed by atoms with E-state index in [-0.39, 0.29) is 31.4 Å². The lowest BCUT2D eigenvalue weighted by molar-refractivity contribution is -0.147. The minimum Gasteiger partial charge on any atom is -0.300 e. The molecule has 1 saturated heterocycles. The van der Waals surface area contributed by atoms with Gasteiger partial charge in [-0.1, -0.05) is 6.07 Å². The number of hydrogen-bond donors (Lipinski definition) is 1. The highest BCUT2D eigenvalue weighted by molar-refractivity contribution is 5.99. The van der Waals surface area contributed by atoms with Gasteiger partial charge in [-0.2, -0.15) is 0 Å². The third-order valence-corrected chi connectivity index (χ3v) is 2.20. The zero-order chi connectivity index (χ0) is 10.7. The van der Waals surface area contributed by atoms with E-state index in [2.05, 4.69) is 10.3 Å². The molecule has 2 rings (SSSR count). The molecule has 0 saturated carbocycles. The SMILES string of the molecule is O=C1CNCC(=O)N1Cc1ccccn1. The van der Waals surface area contributed by atoms with Gasteiger partial charge in [0.15, 0.2) is 0 Å². The molecular formula is C10H11N3O2. The second-order valence-electron chi connectivity index (χ2n) is 3.30. The number of amides is 2. The first-order valence-electron chi connectivity index (χ1n) is 4.71. The summed E-state index contributed by atoms with van der Waals surface area (Å²) in [6.07, 6.45) is 1.65. The molecule has 0 aliphatic carbocycles. The van der Waals surface area contributed by atoms with Crippen molar-refractivity contribution >= 4 is 11.8 Å². The summed E-state index contributed by atoms with van der Waals surface area (Å²) < 4.78 is 0. The summed E-state index contributed by atoms with van der Waals surface area (Å²) in [6.45, 7) is 0.706. The molecule has 1 aliphatic heterocycles. The maximum absolute atomic E-state index is 11.4. The van der Waals surface area contributed by atoms with Crippen LogP contribution >= 0.6 is 0 Å². The molecule has 2 heterocycles. The zero-order valence-electron chi connectivity index (χ0n) is 8.14. The molecule has 0 spiro atoms. The normalized spacial score (nSPS) is 16.9. The Morgan fingerprint density at radius 1 is 1.27 bits per heavy atom. The summed E-state index contributed by atoms with van der Waals surface area (Å²) in [5.41, 5.74) is 0.723. The molecular weight excluding hydrogens is 194 g/mol. The van der Waals surface area contributed by atoms with Crippen LogP contribution in [0.1, 0.15) is 5.69 Å². The van der Waals surface area contributed by atoms with Crippen molar-refractivity contribution in [1.29, 1.82) is 0 Å². The Kier molecular flexibility index (Phi) is 2.73. The number of hydrogen-bond acceptors (Lipinski definition) is 4. The lowest BCUT2D eigenvalue weighted by atomic mass is 10.3. The van der Waals surface area contributed by atoms with Crippen LogP contribution in [-0.2, 0) is 16.1 Å². The number of aromatic nitrogens is 1. The maximum Gasteiger partial charge on any atom is 0.243 e. The van der Waals surface area contributed by atoms with Gasteiger partial charge in [-0.15, -0.1) is 0 Å². The van der Waals surface area contributed by atoms with Crippen LogP contribution < -0.4 is 5.32 Å². The van der Waals surface area contributed by atoms with Crippen molar-refractivity contribution in [2.45, 2.75) is 6.54 Å². The minimum atomic E-state index is -0.197. The highest BCUT2D eigenvalue weighted by Crippen LogP contribution is 2.04. The minimum absolute atomic E-state index is 0.197. The smallest absolute Gasteiger partial charge is 0.243 e. The van der Waals surface area contributed by atoms with Crippen molar-refractivity contribution in [1.82, 2.24) is 15.2 Å². The Hall–Kier alpha value is -1.75. The Morgan fingerprint density at radius 3 is 2.60 bits per heavy atom. The van der Waals surface area contributed by atoms with Crippen LogP contribution in [-0.4, -0.2) is 34.8 Å². The number of carbonyl (C=O) groups is 2. The van der Waals surface area contributed by atoms with E-state index < -0.39 is 0 Å². The first-order chi connectivity index (χ1) is 7.27. The van der Waals surface area contributed by atoms with Crippen molar-refractivity contribution in [3.05, 3.63) is 30.1 Å².